The number of hydrogen-bond donors (Lipinski definition) is 0. The van der Waals surface area contributed by atoms with Crippen LogP contribution in [0.15, 0.2) is 47.6 Å². The third kappa shape index (κ3) is 4.91. The highest BCUT2D eigenvalue weighted by Crippen LogP contribution is 2.32. The third-order valence-electron chi connectivity index (χ3n) is 3.94. The van der Waals surface area contributed by atoms with E-state index in [0.29, 0.717) is 21.5 Å². The van der Waals surface area contributed by atoms with Crippen molar-refractivity contribution in [3.05, 3.63) is 68.9 Å². The molecule has 0 saturated carbocycles. The van der Waals surface area contributed by atoms with Crippen LogP contribution < -0.4 is 4.74 Å². The number of nitrogens with zero attached hydrogens (tertiary/aromatic N) is 3. The van der Waals surface area contributed by atoms with Crippen molar-refractivity contribution in [1.82, 2.24) is 14.8 Å². The van der Waals surface area contributed by atoms with Gasteiger partial charge in [0.2, 0.25) is 0 Å². The van der Waals surface area contributed by atoms with E-state index in [1.54, 1.807) is 30.0 Å². The van der Waals surface area contributed by atoms with Crippen molar-refractivity contribution in [1.29, 1.82) is 0 Å². The Bertz CT molecular complexity index is 932. The van der Waals surface area contributed by atoms with Crippen LogP contribution >= 0.6 is 46.6 Å². The molecular weight excluding hydrogens is 425 g/mol. The number of halogens is 3. The van der Waals surface area contributed by atoms with Gasteiger partial charge >= 0.3 is 0 Å². The highest BCUT2D eigenvalue weighted by atomic mass is 35.5. The SMILES string of the molecule is CCn1c(SCc2ccccc2Cl)nnc1C(C)Oc1cc(Cl)ccc1Cl. The van der Waals surface area contributed by atoms with Crippen molar-refractivity contribution in [2.24, 2.45) is 0 Å². The molecule has 0 saturated heterocycles. The molecule has 3 aromatic rings. The molecule has 2 aromatic carbocycles. The molecule has 0 N–H and O–H groups in total. The first kappa shape index (κ1) is 20.3. The monoisotopic (exact) mass is 441 g/mol. The van der Waals surface area contributed by atoms with Crippen LogP contribution in [0.2, 0.25) is 15.1 Å². The number of benzene rings is 2. The lowest BCUT2D eigenvalue weighted by molar-refractivity contribution is 0.210. The van der Waals surface area contributed by atoms with Gasteiger partial charge in [-0.05, 0) is 37.6 Å². The topological polar surface area (TPSA) is 39.9 Å². The predicted molar refractivity (Wildman–Crippen MR) is 112 cm³/mol. The van der Waals surface area contributed by atoms with E-state index >= 15 is 0 Å². The maximum atomic E-state index is 6.24. The molecular formula is C19H18Cl3N3OS. The Morgan fingerprint density at radius 3 is 2.59 bits per heavy atom. The van der Waals surface area contributed by atoms with E-state index in [1.807, 2.05) is 42.7 Å². The second-order valence-corrected chi connectivity index (χ2v) is 7.99. The van der Waals surface area contributed by atoms with Crippen molar-refractivity contribution >= 4 is 46.6 Å². The van der Waals surface area contributed by atoms with E-state index in [0.717, 1.165) is 28.1 Å². The summed E-state index contributed by atoms with van der Waals surface area (Å²) in [6, 6.07) is 12.9. The zero-order chi connectivity index (χ0) is 19.4. The molecule has 0 fully saturated rings. The average Bonchev–Trinajstić information content (AvgIpc) is 3.07. The Hall–Kier alpha value is -1.40. The van der Waals surface area contributed by atoms with E-state index in [2.05, 4.69) is 10.2 Å². The molecule has 0 aliphatic rings. The molecule has 3 rings (SSSR count). The van der Waals surface area contributed by atoms with Crippen LogP contribution in [-0.2, 0) is 12.3 Å². The lowest BCUT2D eigenvalue weighted by Gasteiger charge is -2.16. The molecule has 4 nitrogen and oxygen atoms in total. The first-order chi connectivity index (χ1) is 13.0. The second-order valence-electron chi connectivity index (χ2n) is 5.80. The van der Waals surface area contributed by atoms with E-state index in [4.69, 9.17) is 39.5 Å². The van der Waals surface area contributed by atoms with Gasteiger partial charge < -0.3 is 9.30 Å². The lowest BCUT2D eigenvalue weighted by atomic mass is 10.2. The van der Waals surface area contributed by atoms with Crippen molar-refractivity contribution in [3.8, 4) is 5.75 Å². The van der Waals surface area contributed by atoms with Crippen LogP contribution in [0, 0.1) is 0 Å². The van der Waals surface area contributed by atoms with Gasteiger partial charge in [-0.15, -0.1) is 10.2 Å². The van der Waals surface area contributed by atoms with Gasteiger partial charge in [-0.25, -0.2) is 0 Å². The van der Waals surface area contributed by atoms with Crippen LogP contribution in [0.1, 0.15) is 31.3 Å². The molecule has 0 spiro atoms. The smallest absolute Gasteiger partial charge is 0.191 e. The van der Waals surface area contributed by atoms with Crippen molar-refractivity contribution < 1.29 is 4.74 Å². The molecule has 0 aliphatic heterocycles. The summed E-state index contributed by atoms with van der Waals surface area (Å²) in [5, 5.41) is 11.3. The number of aromatic nitrogens is 3. The number of ether oxygens (including phenoxy) is 1. The van der Waals surface area contributed by atoms with Gasteiger partial charge in [0.05, 0.1) is 5.02 Å². The van der Waals surface area contributed by atoms with Gasteiger partial charge in [0.25, 0.3) is 0 Å². The highest BCUT2D eigenvalue weighted by molar-refractivity contribution is 7.98. The fourth-order valence-corrected chi connectivity index (χ4v) is 4.19. The maximum Gasteiger partial charge on any atom is 0.191 e. The minimum atomic E-state index is -0.330. The average molecular weight is 443 g/mol. The molecule has 1 heterocycles. The van der Waals surface area contributed by atoms with Gasteiger partial charge in [0, 0.05) is 28.4 Å². The molecule has 27 heavy (non-hydrogen) atoms. The number of rotatable bonds is 7. The molecule has 8 heteroatoms. The Morgan fingerprint density at radius 2 is 1.85 bits per heavy atom. The van der Waals surface area contributed by atoms with Crippen molar-refractivity contribution in [2.75, 3.05) is 0 Å². The van der Waals surface area contributed by atoms with Gasteiger partial charge in [0.15, 0.2) is 17.1 Å². The summed E-state index contributed by atoms with van der Waals surface area (Å²) < 4.78 is 8.01. The van der Waals surface area contributed by atoms with Crippen LogP contribution in [0.25, 0.3) is 0 Å². The number of hydrogen-bond acceptors (Lipinski definition) is 4. The maximum absolute atomic E-state index is 6.24. The van der Waals surface area contributed by atoms with Crippen molar-refractivity contribution in [3.63, 3.8) is 0 Å². The minimum Gasteiger partial charge on any atom is -0.481 e. The van der Waals surface area contributed by atoms with Gasteiger partial charge in [0.1, 0.15) is 5.75 Å². The summed E-state index contributed by atoms with van der Waals surface area (Å²) in [7, 11) is 0. The van der Waals surface area contributed by atoms with Gasteiger partial charge in [-0.1, -0.05) is 64.8 Å². The summed E-state index contributed by atoms with van der Waals surface area (Å²) in [6.07, 6.45) is -0.330. The fraction of sp³-hybridized carbons (Fsp3) is 0.263. The molecule has 1 unspecified atom stereocenters. The highest BCUT2D eigenvalue weighted by Gasteiger charge is 2.20. The lowest BCUT2D eigenvalue weighted by Crippen LogP contribution is -2.12. The molecule has 0 aliphatic carbocycles. The van der Waals surface area contributed by atoms with Crippen LogP contribution in [0.5, 0.6) is 5.75 Å². The third-order valence-corrected chi connectivity index (χ3v) is 5.87. The van der Waals surface area contributed by atoms with Crippen molar-refractivity contribution in [2.45, 2.75) is 37.4 Å². The molecule has 142 valence electrons. The zero-order valence-corrected chi connectivity index (χ0v) is 17.9. The summed E-state index contributed by atoms with van der Waals surface area (Å²) >= 11 is 20.1. The first-order valence-corrected chi connectivity index (χ1v) is 10.5. The molecule has 1 atom stereocenters. The Morgan fingerprint density at radius 1 is 1.07 bits per heavy atom. The van der Waals surface area contributed by atoms with Crippen LogP contribution in [0.3, 0.4) is 0 Å². The first-order valence-electron chi connectivity index (χ1n) is 8.40. The fourth-order valence-electron chi connectivity index (χ4n) is 2.57. The predicted octanol–water partition coefficient (Wildman–Crippen LogP) is 6.69. The Kier molecular flexibility index (Phi) is 6.93. The normalized spacial score (nSPS) is 12.2. The van der Waals surface area contributed by atoms with Gasteiger partial charge in [-0.3, -0.25) is 0 Å². The molecule has 0 amide bonds. The second kappa shape index (κ2) is 9.20. The van der Waals surface area contributed by atoms with E-state index in [9.17, 15) is 0 Å². The molecule has 0 bridgehead atoms. The summed E-state index contributed by atoms with van der Waals surface area (Å²) in [6.45, 7) is 4.69. The zero-order valence-electron chi connectivity index (χ0n) is 14.8. The van der Waals surface area contributed by atoms with E-state index < -0.39 is 0 Å². The number of thioether (sulfide) groups is 1. The minimum absolute atomic E-state index is 0.330. The molecule has 1 aromatic heterocycles. The van der Waals surface area contributed by atoms with E-state index in [-0.39, 0.29) is 6.10 Å². The van der Waals surface area contributed by atoms with Gasteiger partial charge in [-0.2, -0.15) is 0 Å². The summed E-state index contributed by atoms with van der Waals surface area (Å²) in [5.41, 5.74) is 1.06. The Labute approximate surface area is 177 Å². The standard InChI is InChI=1S/C19H18Cl3N3OS/c1-3-25-18(12(2)26-17-10-14(20)8-9-16(17)22)23-24-19(25)27-11-13-6-4-5-7-15(13)21/h4-10,12H,3,11H2,1-2H3. The molecule has 0 radical (unpaired) electrons. The quantitative estimate of drug-likeness (QED) is 0.382. The summed E-state index contributed by atoms with van der Waals surface area (Å²) in [4.78, 5) is 0. The Balaban J connectivity index is 1.76. The summed E-state index contributed by atoms with van der Waals surface area (Å²) in [5.74, 6) is 1.97. The van der Waals surface area contributed by atoms with E-state index in [1.165, 1.54) is 0 Å². The van der Waals surface area contributed by atoms with Crippen LogP contribution in [0.4, 0.5) is 0 Å². The van der Waals surface area contributed by atoms with Crippen LogP contribution in [-0.4, -0.2) is 14.8 Å². The largest absolute Gasteiger partial charge is 0.481 e.